The van der Waals surface area contributed by atoms with Gasteiger partial charge in [0, 0.05) is 28.9 Å². The number of halogens is 12. The molecule has 0 bridgehead atoms. The summed E-state index contributed by atoms with van der Waals surface area (Å²) < 4.78 is 136. The van der Waals surface area contributed by atoms with Crippen LogP contribution in [0.5, 0.6) is 0 Å². The molecular formula is C10H6CoF12O5. The fraction of sp³-hybridized carbons (Fsp3) is 0.400. The van der Waals surface area contributed by atoms with Crippen LogP contribution < -0.4 is 0 Å². The van der Waals surface area contributed by atoms with Gasteiger partial charge in [-0.3, -0.25) is 9.59 Å². The van der Waals surface area contributed by atoms with Crippen LogP contribution >= 0.6 is 0 Å². The van der Waals surface area contributed by atoms with E-state index in [1.165, 1.54) is 0 Å². The van der Waals surface area contributed by atoms with E-state index in [0.717, 1.165) is 0 Å². The molecule has 0 unspecified atom stereocenters. The second-order valence-corrected chi connectivity index (χ2v) is 3.78. The molecule has 4 N–H and O–H groups in total. The number of carbonyl (C=O) groups is 2. The van der Waals surface area contributed by atoms with Gasteiger partial charge in [-0.25, -0.2) is 0 Å². The largest absolute Gasteiger partial charge is 0.504 e. The number of ketones is 2. The van der Waals surface area contributed by atoms with Crippen LogP contribution in [0, 0.1) is 0 Å². The molecule has 0 aromatic carbocycles. The summed E-state index contributed by atoms with van der Waals surface area (Å²) >= 11 is 0. The van der Waals surface area contributed by atoms with Crippen molar-refractivity contribution in [3.05, 3.63) is 23.7 Å². The number of hydrogen-bond acceptors (Lipinski definition) is 4. The summed E-state index contributed by atoms with van der Waals surface area (Å²) in [6.07, 6.45) is -23.4. The van der Waals surface area contributed by atoms with Crippen LogP contribution in [-0.2, 0) is 26.4 Å². The Kier molecular flexibility index (Phi) is 13.4. The van der Waals surface area contributed by atoms with Crippen molar-refractivity contribution in [2.45, 2.75) is 24.7 Å². The van der Waals surface area contributed by atoms with E-state index in [1.54, 1.807) is 0 Å². The molecule has 1 radical (unpaired) electrons. The summed E-state index contributed by atoms with van der Waals surface area (Å²) in [5.41, 5.74) is 0. The quantitative estimate of drug-likeness (QED) is 0.350. The van der Waals surface area contributed by atoms with Crippen molar-refractivity contribution in [1.82, 2.24) is 0 Å². The van der Waals surface area contributed by atoms with E-state index in [-0.39, 0.29) is 22.3 Å². The second kappa shape index (κ2) is 11.1. The van der Waals surface area contributed by atoms with Crippen LogP contribution in [0.4, 0.5) is 52.7 Å². The van der Waals surface area contributed by atoms with E-state index in [2.05, 4.69) is 0 Å². The van der Waals surface area contributed by atoms with Gasteiger partial charge in [-0.15, -0.1) is 0 Å². The molecular weight excluding hydrogens is 487 g/mol. The van der Waals surface area contributed by atoms with Crippen LogP contribution in [0.15, 0.2) is 23.7 Å². The molecule has 0 aliphatic carbocycles. The molecule has 0 aliphatic rings. The SMILES string of the molecule is O.O=C(/C=C(/O)C(F)(F)F)C(F)(F)F.O=C(/C=C(/O)C(F)(F)F)C(F)(F)F.[Co]. The molecule has 0 spiro atoms. The van der Waals surface area contributed by atoms with Gasteiger partial charge in [-0.1, -0.05) is 0 Å². The second-order valence-electron chi connectivity index (χ2n) is 3.78. The topological polar surface area (TPSA) is 106 Å². The molecule has 169 valence electrons. The summed E-state index contributed by atoms with van der Waals surface area (Å²) in [5, 5.41) is 15.9. The molecule has 0 heterocycles. The molecule has 0 rings (SSSR count). The first-order chi connectivity index (χ1) is 11.1. The van der Waals surface area contributed by atoms with Crippen LogP contribution in [0.2, 0.25) is 0 Å². The minimum atomic E-state index is -5.42. The van der Waals surface area contributed by atoms with Gasteiger partial charge < -0.3 is 15.7 Å². The Morgan fingerprint density at radius 3 is 0.821 bits per heavy atom. The summed E-state index contributed by atoms with van der Waals surface area (Å²) in [5.74, 6) is -10.7. The normalized spacial score (nSPS) is 13.4. The molecule has 0 saturated heterocycles. The smallest absolute Gasteiger partial charge is 0.454 e. The molecule has 0 fully saturated rings. The van der Waals surface area contributed by atoms with Crippen molar-refractivity contribution in [2.24, 2.45) is 0 Å². The van der Waals surface area contributed by atoms with E-state index in [9.17, 15) is 62.3 Å². The molecule has 0 aromatic rings. The summed E-state index contributed by atoms with van der Waals surface area (Å²) in [4.78, 5) is 19.7. The third-order valence-electron chi connectivity index (χ3n) is 1.68. The first-order valence-electron chi connectivity index (χ1n) is 5.28. The maximum absolute atomic E-state index is 11.4. The zero-order chi connectivity index (χ0) is 21.7. The van der Waals surface area contributed by atoms with Crippen molar-refractivity contribution in [2.75, 3.05) is 0 Å². The fourth-order valence-corrected chi connectivity index (χ4v) is 0.576. The third kappa shape index (κ3) is 14.1. The Morgan fingerprint density at radius 2 is 0.714 bits per heavy atom. The number of allylic oxidation sites excluding steroid dienone is 4. The number of alkyl halides is 12. The van der Waals surface area contributed by atoms with Crippen LogP contribution in [0.1, 0.15) is 0 Å². The molecule has 0 aliphatic heterocycles. The van der Waals surface area contributed by atoms with Crippen molar-refractivity contribution in [3.63, 3.8) is 0 Å². The molecule has 0 aromatic heterocycles. The van der Waals surface area contributed by atoms with Crippen molar-refractivity contribution >= 4 is 11.6 Å². The standard InChI is InChI=1S/2C5H2F6O2.Co.H2O/c2*6-4(7,8)2(12)1-3(13)5(9,10)11;;/h2*1,12H;;1H2/b2*2-1+;;. The van der Waals surface area contributed by atoms with E-state index >= 15 is 0 Å². The van der Waals surface area contributed by atoms with Gasteiger partial charge in [0.15, 0.2) is 0 Å². The van der Waals surface area contributed by atoms with Crippen molar-refractivity contribution < 1.29 is 94.7 Å². The van der Waals surface area contributed by atoms with Gasteiger partial charge in [0.1, 0.15) is 0 Å². The maximum atomic E-state index is 11.4. The minimum absolute atomic E-state index is 0. The van der Waals surface area contributed by atoms with Gasteiger partial charge in [-0.05, 0) is 0 Å². The van der Waals surface area contributed by atoms with Crippen molar-refractivity contribution in [1.29, 1.82) is 0 Å². The molecule has 0 amide bonds. The van der Waals surface area contributed by atoms with Crippen LogP contribution in [-0.4, -0.2) is 52.0 Å². The Hall–Kier alpha value is -1.95. The van der Waals surface area contributed by atoms with E-state index < -0.39 is 59.9 Å². The Balaban J connectivity index is -0.000000192. The van der Waals surface area contributed by atoms with Gasteiger partial charge in [-0.2, -0.15) is 52.7 Å². The number of carbonyl (C=O) groups excluding carboxylic acids is 2. The van der Waals surface area contributed by atoms with Crippen LogP contribution in [0.3, 0.4) is 0 Å². The zero-order valence-electron chi connectivity index (χ0n) is 12.2. The molecule has 5 nitrogen and oxygen atoms in total. The number of aliphatic hydroxyl groups is 2. The number of rotatable bonds is 2. The monoisotopic (exact) mass is 493 g/mol. The fourth-order valence-electron chi connectivity index (χ4n) is 0.576. The zero-order valence-corrected chi connectivity index (χ0v) is 13.3. The summed E-state index contributed by atoms with van der Waals surface area (Å²) in [7, 11) is 0. The number of hydrogen-bond donors (Lipinski definition) is 2. The van der Waals surface area contributed by atoms with Gasteiger partial charge in [0.25, 0.3) is 11.6 Å². The predicted molar refractivity (Wildman–Crippen MR) is 59.3 cm³/mol. The molecule has 28 heavy (non-hydrogen) atoms. The maximum Gasteiger partial charge on any atom is 0.454 e. The Labute approximate surface area is 155 Å². The average Bonchev–Trinajstić information content (AvgIpc) is 2.34. The van der Waals surface area contributed by atoms with Gasteiger partial charge >= 0.3 is 24.7 Å². The van der Waals surface area contributed by atoms with Gasteiger partial charge in [0.05, 0.1) is 0 Å². The Bertz CT molecular complexity index is 530. The predicted octanol–water partition coefficient (Wildman–Crippen LogP) is 3.42. The molecule has 0 saturated carbocycles. The summed E-state index contributed by atoms with van der Waals surface area (Å²) in [6, 6.07) is 0. The Morgan fingerprint density at radius 1 is 0.536 bits per heavy atom. The first-order valence-corrected chi connectivity index (χ1v) is 5.28. The van der Waals surface area contributed by atoms with Gasteiger partial charge in [0.2, 0.25) is 11.5 Å². The van der Waals surface area contributed by atoms with Crippen LogP contribution in [0.25, 0.3) is 0 Å². The number of aliphatic hydroxyl groups excluding tert-OH is 2. The summed E-state index contributed by atoms with van der Waals surface area (Å²) in [6.45, 7) is 0. The van der Waals surface area contributed by atoms with E-state index in [4.69, 9.17) is 10.2 Å². The third-order valence-corrected chi connectivity index (χ3v) is 1.68. The van der Waals surface area contributed by atoms with E-state index in [0.29, 0.717) is 0 Å². The molecule has 18 heteroatoms. The first kappa shape index (κ1) is 33.6. The van der Waals surface area contributed by atoms with Crippen molar-refractivity contribution in [3.8, 4) is 0 Å². The minimum Gasteiger partial charge on any atom is -0.504 e. The van der Waals surface area contributed by atoms with E-state index in [1.807, 2.05) is 0 Å². The average molecular weight is 493 g/mol. The molecule has 0 atom stereocenters.